The molecule has 27 heavy (non-hydrogen) atoms. The average molecular weight is 368 g/mol. The summed E-state index contributed by atoms with van der Waals surface area (Å²) in [4.78, 5) is 15.0. The van der Waals surface area contributed by atoms with Gasteiger partial charge in [0.05, 0.1) is 7.11 Å². The van der Waals surface area contributed by atoms with E-state index in [-0.39, 0.29) is 5.91 Å². The number of nitrogens with one attached hydrogen (secondary N) is 1. The number of carbonyl (C=O) groups excluding carboxylic acids is 1. The Kier molecular flexibility index (Phi) is 6.71. The van der Waals surface area contributed by atoms with Gasteiger partial charge in [0.2, 0.25) is 0 Å². The van der Waals surface area contributed by atoms with Gasteiger partial charge in [0.1, 0.15) is 11.5 Å². The van der Waals surface area contributed by atoms with Crippen LogP contribution in [0.5, 0.6) is 11.5 Å². The van der Waals surface area contributed by atoms with E-state index in [0.29, 0.717) is 24.9 Å². The molecule has 2 aromatic rings. The molecule has 1 amide bonds. The van der Waals surface area contributed by atoms with Crippen LogP contribution in [0.4, 0.5) is 0 Å². The van der Waals surface area contributed by atoms with Gasteiger partial charge < -0.3 is 19.7 Å². The van der Waals surface area contributed by atoms with Gasteiger partial charge in [-0.3, -0.25) is 4.79 Å². The largest absolute Gasteiger partial charge is 0.497 e. The molecule has 1 fully saturated rings. The Hall–Kier alpha value is -2.53. The van der Waals surface area contributed by atoms with Crippen molar-refractivity contribution in [3.8, 4) is 11.5 Å². The summed E-state index contributed by atoms with van der Waals surface area (Å²) in [5.74, 6) is 1.50. The summed E-state index contributed by atoms with van der Waals surface area (Å²) in [5.41, 5.74) is 1.05. The van der Waals surface area contributed by atoms with Crippen LogP contribution in [-0.4, -0.2) is 43.2 Å². The third-order valence-corrected chi connectivity index (χ3v) is 4.83. The van der Waals surface area contributed by atoms with E-state index in [4.69, 9.17) is 9.47 Å². The molecule has 1 aliphatic rings. The first-order valence-electron chi connectivity index (χ1n) is 9.52. The summed E-state index contributed by atoms with van der Waals surface area (Å²) in [6.07, 6.45) is 1.71. The van der Waals surface area contributed by atoms with Crippen molar-refractivity contribution in [3.63, 3.8) is 0 Å². The number of rotatable bonds is 8. The summed E-state index contributed by atoms with van der Waals surface area (Å²) < 4.78 is 11.2. The second-order valence-electron chi connectivity index (χ2n) is 6.94. The number of amides is 1. The Morgan fingerprint density at radius 1 is 1.19 bits per heavy atom. The number of methoxy groups -OCH3 is 1. The van der Waals surface area contributed by atoms with Crippen LogP contribution in [0.15, 0.2) is 54.6 Å². The van der Waals surface area contributed by atoms with Gasteiger partial charge in [-0.2, -0.15) is 0 Å². The lowest BCUT2D eigenvalue weighted by Crippen LogP contribution is -2.45. The molecular weight excluding hydrogens is 340 g/mol. The fourth-order valence-corrected chi connectivity index (χ4v) is 3.41. The van der Waals surface area contributed by atoms with Crippen LogP contribution in [0.25, 0.3) is 0 Å². The highest BCUT2D eigenvalue weighted by molar-refractivity contribution is 5.81. The molecule has 2 atom stereocenters. The molecule has 144 valence electrons. The lowest BCUT2D eigenvalue weighted by Gasteiger charge is -2.29. The van der Waals surface area contributed by atoms with Crippen molar-refractivity contribution in [2.45, 2.75) is 38.5 Å². The van der Waals surface area contributed by atoms with E-state index < -0.39 is 6.10 Å². The smallest absolute Gasteiger partial charge is 0.263 e. The third-order valence-electron chi connectivity index (χ3n) is 4.83. The topological polar surface area (TPSA) is 50.8 Å². The number of hydrogen-bond acceptors (Lipinski definition) is 4. The number of ether oxygens (including phenoxy) is 2. The minimum absolute atomic E-state index is 0.00428. The monoisotopic (exact) mass is 368 g/mol. The molecule has 5 nitrogen and oxygen atoms in total. The van der Waals surface area contributed by atoms with E-state index in [9.17, 15) is 4.79 Å². The highest BCUT2D eigenvalue weighted by atomic mass is 16.5. The Bertz CT molecular complexity index is 729. The highest BCUT2D eigenvalue weighted by Gasteiger charge is 2.26. The predicted molar refractivity (Wildman–Crippen MR) is 106 cm³/mol. The highest BCUT2D eigenvalue weighted by Crippen LogP contribution is 2.18. The molecule has 1 heterocycles. The van der Waals surface area contributed by atoms with Crippen LogP contribution < -0.4 is 14.8 Å². The predicted octanol–water partition coefficient (Wildman–Crippen LogP) is 3.24. The summed E-state index contributed by atoms with van der Waals surface area (Å²) in [7, 11) is 1.65. The van der Waals surface area contributed by atoms with Crippen molar-refractivity contribution in [1.82, 2.24) is 10.2 Å². The zero-order chi connectivity index (χ0) is 19.1. The van der Waals surface area contributed by atoms with Crippen LogP contribution >= 0.6 is 0 Å². The summed E-state index contributed by atoms with van der Waals surface area (Å²) in [6, 6.07) is 17.7. The number of nitrogens with zero attached hydrogens (tertiary/aromatic N) is 1. The lowest BCUT2D eigenvalue weighted by atomic mass is 10.1. The molecule has 2 aromatic carbocycles. The SMILES string of the molecule is COc1cccc(CN(C[C@H]2CCCN2)C(=O)C(C)Oc2ccccc2)c1. The maximum atomic E-state index is 13.1. The summed E-state index contributed by atoms with van der Waals surface area (Å²) >= 11 is 0. The minimum atomic E-state index is -0.542. The maximum absolute atomic E-state index is 13.1. The zero-order valence-electron chi connectivity index (χ0n) is 16.1. The molecule has 1 saturated heterocycles. The number of para-hydroxylation sites is 1. The Balaban J connectivity index is 1.72. The second-order valence-corrected chi connectivity index (χ2v) is 6.94. The Morgan fingerprint density at radius 3 is 2.67 bits per heavy atom. The van der Waals surface area contributed by atoms with Gasteiger partial charge in [-0.1, -0.05) is 30.3 Å². The molecule has 0 aliphatic carbocycles. The first-order valence-corrected chi connectivity index (χ1v) is 9.52. The maximum Gasteiger partial charge on any atom is 0.263 e. The molecule has 0 spiro atoms. The first-order chi connectivity index (χ1) is 13.2. The third kappa shape index (κ3) is 5.47. The molecule has 0 bridgehead atoms. The van der Waals surface area contributed by atoms with Gasteiger partial charge in [-0.25, -0.2) is 0 Å². The van der Waals surface area contributed by atoms with Gasteiger partial charge in [-0.15, -0.1) is 0 Å². The fraction of sp³-hybridized carbons (Fsp3) is 0.409. The molecule has 0 aromatic heterocycles. The number of carbonyl (C=O) groups is 1. The Labute approximate surface area is 161 Å². The van der Waals surface area contributed by atoms with Gasteiger partial charge in [0.15, 0.2) is 6.10 Å². The zero-order valence-corrected chi connectivity index (χ0v) is 16.1. The quantitative estimate of drug-likeness (QED) is 0.777. The number of benzene rings is 2. The van der Waals surface area contributed by atoms with Gasteiger partial charge in [0, 0.05) is 19.1 Å². The minimum Gasteiger partial charge on any atom is -0.497 e. The molecule has 1 unspecified atom stereocenters. The van der Waals surface area contributed by atoms with E-state index in [2.05, 4.69) is 5.32 Å². The molecule has 5 heteroatoms. The van der Waals surface area contributed by atoms with E-state index in [1.54, 1.807) is 7.11 Å². The summed E-state index contributed by atoms with van der Waals surface area (Å²) in [6.45, 7) is 4.05. The first kappa shape index (κ1) is 19.2. The molecule has 0 saturated carbocycles. The van der Waals surface area contributed by atoms with Crippen molar-refractivity contribution < 1.29 is 14.3 Å². The van der Waals surface area contributed by atoms with Crippen LogP contribution in [0.3, 0.4) is 0 Å². The molecule has 1 N–H and O–H groups in total. The van der Waals surface area contributed by atoms with Crippen molar-refractivity contribution >= 4 is 5.91 Å². The standard InChI is InChI=1S/C22H28N2O3/c1-17(27-20-10-4-3-5-11-20)22(25)24(16-19-9-7-13-23-19)15-18-8-6-12-21(14-18)26-2/h3-6,8,10-12,14,17,19,23H,7,9,13,15-16H2,1-2H3/t17?,19-/m1/s1. The Morgan fingerprint density at radius 2 is 1.96 bits per heavy atom. The van der Waals surface area contributed by atoms with E-state index >= 15 is 0 Å². The van der Waals surface area contributed by atoms with Gasteiger partial charge in [0.25, 0.3) is 5.91 Å². The van der Waals surface area contributed by atoms with E-state index in [1.165, 1.54) is 0 Å². The van der Waals surface area contributed by atoms with Gasteiger partial charge in [-0.05, 0) is 56.1 Å². The van der Waals surface area contributed by atoms with Crippen LogP contribution in [0.1, 0.15) is 25.3 Å². The second kappa shape index (κ2) is 9.42. The molecule has 1 aliphatic heterocycles. The van der Waals surface area contributed by atoms with Crippen LogP contribution in [0.2, 0.25) is 0 Å². The van der Waals surface area contributed by atoms with Crippen LogP contribution in [-0.2, 0) is 11.3 Å². The fourth-order valence-electron chi connectivity index (χ4n) is 3.41. The normalized spacial score (nSPS) is 17.3. The van der Waals surface area contributed by atoms with Crippen molar-refractivity contribution in [2.24, 2.45) is 0 Å². The van der Waals surface area contributed by atoms with Crippen molar-refractivity contribution in [1.29, 1.82) is 0 Å². The van der Waals surface area contributed by atoms with Crippen molar-refractivity contribution in [3.05, 3.63) is 60.2 Å². The summed E-state index contributed by atoms with van der Waals surface area (Å²) in [5, 5.41) is 3.48. The van der Waals surface area contributed by atoms with Crippen molar-refractivity contribution in [2.75, 3.05) is 20.2 Å². The van der Waals surface area contributed by atoms with Crippen LogP contribution in [0, 0.1) is 0 Å². The molecular formula is C22H28N2O3. The molecule has 0 radical (unpaired) electrons. The van der Waals surface area contributed by atoms with E-state index in [1.807, 2.05) is 66.4 Å². The lowest BCUT2D eigenvalue weighted by molar-refractivity contribution is -0.139. The molecule has 3 rings (SSSR count). The van der Waals surface area contributed by atoms with E-state index in [0.717, 1.165) is 30.7 Å². The average Bonchev–Trinajstić information content (AvgIpc) is 3.21. The number of hydrogen-bond donors (Lipinski definition) is 1. The van der Waals surface area contributed by atoms with Gasteiger partial charge >= 0.3 is 0 Å².